The number of fused-ring (bicyclic) bond motifs is 1. The van der Waals surface area contributed by atoms with Gasteiger partial charge in [0.25, 0.3) is 0 Å². The lowest BCUT2D eigenvalue weighted by Gasteiger charge is -2.30. The van der Waals surface area contributed by atoms with E-state index in [1.807, 2.05) is 0 Å². The van der Waals surface area contributed by atoms with E-state index in [0.717, 1.165) is 6.92 Å². The molecule has 0 spiro atoms. The minimum atomic E-state index is -2.09. The molecule has 38 nitrogen and oxygen atoms in total. The minimum absolute atomic E-state index is 0.00277. The van der Waals surface area contributed by atoms with Crippen molar-refractivity contribution in [1.82, 2.24) is 74.1 Å². The second kappa shape index (κ2) is 49.4. The molecule has 16 amide bonds. The van der Waals surface area contributed by atoms with E-state index in [1.54, 1.807) is 139 Å². The number of amides is 16. The zero-order valence-electron chi connectivity index (χ0n) is 67.2. The number of hydrogen-bond donors (Lipinski definition) is 21. The number of aromatic amines is 1. The van der Waals surface area contributed by atoms with Crippen LogP contribution in [-0.4, -0.2) is 225 Å². The molecule has 26 N–H and O–H groups in total. The van der Waals surface area contributed by atoms with Crippen LogP contribution in [0.1, 0.15) is 130 Å². The van der Waals surface area contributed by atoms with Gasteiger partial charge in [0.2, 0.25) is 94.5 Å². The normalized spacial score (nSPS) is 15.1. The van der Waals surface area contributed by atoms with E-state index in [9.17, 15) is 77.3 Å². The molecular weight excluding hydrogens is 1540 g/mol. The van der Waals surface area contributed by atoms with Gasteiger partial charge in [-0.05, 0) is 105 Å². The van der Waals surface area contributed by atoms with Gasteiger partial charge in [-0.2, -0.15) is 11.8 Å². The van der Waals surface area contributed by atoms with E-state index in [1.165, 1.54) is 18.7 Å². The predicted molar refractivity (Wildman–Crippen MR) is 433 cm³/mol. The first-order chi connectivity index (χ1) is 55.3. The number of benzene rings is 3. The number of carboxylic acid groups (broad SMARTS) is 1. The van der Waals surface area contributed by atoms with Crippen molar-refractivity contribution in [2.75, 3.05) is 25.1 Å². The number of carbonyl (C=O) groups is 17. The van der Waals surface area contributed by atoms with Crippen LogP contribution >= 0.6 is 11.8 Å². The first-order valence-electron chi connectivity index (χ1n) is 38.5. The summed E-state index contributed by atoms with van der Waals surface area (Å²) in [5.74, 6) is -19.0. The van der Waals surface area contributed by atoms with Crippen LogP contribution in [0.2, 0.25) is 0 Å². The van der Waals surface area contributed by atoms with Crippen molar-refractivity contribution >= 4 is 123 Å². The third-order valence-corrected chi connectivity index (χ3v) is 19.5. The molecule has 0 fully saturated rings. The van der Waals surface area contributed by atoms with Crippen molar-refractivity contribution in [2.45, 2.75) is 217 Å². The van der Waals surface area contributed by atoms with Crippen LogP contribution in [0.5, 0.6) is 0 Å². The highest BCUT2D eigenvalue weighted by atomic mass is 32.2. The van der Waals surface area contributed by atoms with Gasteiger partial charge in [-0.15, -0.1) is 0 Å². The number of aliphatic hydroxyl groups is 1. The number of carboxylic acids is 1. The minimum Gasteiger partial charge on any atom is -0.481 e. The summed E-state index contributed by atoms with van der Waals surface area (Å²) in [4.78, 5) is 236. The van der Waals surface area contributed by atoms with E-state index in [4.69, 9.17) is 28.7 Å². The number of carbonyl (C=O) groups excluding carboxylic acids is 16. The number of nitrogens with one attached hydrogen (secondary N) is 14. The highest BCUT2D eigenvalue weighted by Gasteiger charge is 2.40. The molecule has 0 radical (unpaired) electrons. The van der Waals surface area contributed by atoms with E-state index < -0.39 is 229 Å². The maximum absolute atomic E-state index is 15.2. The number of primary amides is 3. The zero-order valence-corrected chi connectivity index (χ0v) is 68.0. The Kier molecular flexibility index (Phi) is 41.3. The molecule has 117 heavy (non-hydrogen) atoms. The molecule has 642 valence electrons. The second-order valence-corrected chi connectivity index (χ2v) is 30.4. The van der Waals surface area contributed by atoms with Crippen molar-refractivity contribution < 1.29 is 91.7 Å². The predicted octanol–water partition coefficient (Wildman–Crippen LogP) is -3.80. The van der Waals surface area contributed by atoms with E-state index >= 15 is 14.4 Å². The molecule has 3 aromatic carbocycles. The smallest absolute Gasteiger partial charge is 0.305 e. The number of thioether (sulfide) groups is 1. The summed E-state index contributed by atoms with van der Waals surface area (Å²) in [7, 11) is 0. The average molecular weight is 1650 g/mol. The third-order valence-electron chi connectivity index (χ3n) is 18.9. The summed E-state index contributed by atoms with van der Waals surface area (Å²) in [6.45, 7) is 12.1. The van der Waals surface area contributed by atoms with Crippen LogP contribution in [0.4, 0.5) is 0 Å². The molecule has 1 aromatic heterocycles. The largest absolute Gasteiger partial charge is 0.481 e. The van der Waals surface area contributed by atoms with Crippen molar-refractivity contribution in [1.29, 1.82) is 0 Å². The fourth-order valence-electron chi connectivity index (χ4n) is 12.1. The van der Waals surface area contributed by atoms with Gasteiger partial charge < -0.3 is 113 Å². The average Bonchev–Trinajstić information content (AvgIpc) is 1.73. The number of aliphatic hydroxyl groups excluding tert-OH is 1. The van der Waals surface area contributed by atoms with Crippen LogP contribution in [0, 0.1) is 17.8 Å². The summed E-state index contributed by atoms with van der Waals surface area (Å²) in [5, 5.41) is 54.2. The molecule has 0 unspecified atom stereocenters. The first kappa shape index (κ1) is 97.8. The second-order valence-electron chi connectivity index (χ2n) is 29.4. The van der Waals surface area contributed by atoms with Gasteiger partial charge in [0.05, 0.1) is 38.0 Å². The Morgan fingerprint density at radius 1 is 0.444 bits per heavy atom. The molecule has 0 aliphatic rings. The number of unbranched alkanes of at least 4 members (excludes halogenated alkanes) is 1. The van der Waals surface area contributed by atoms with Gasteiger partial charge in [-0.1, -0.05) is 127 Å². The summed E-state index contributed by atoms with van der Waals surface area (Å²) < 4.78 is 0. The number of aliphatic carboxylic acids is 1. The first-order valence-corrected chi connectivity index (χ1v) is 39.9. The van der Waals surface area contributed by atoms with Crippen molar-refractivity contribution in [2.24, 2.45) is 46.4 Å². The highest BCUT2D eigenvalue weighted by molar-refractivity contribution is 7.98. The van der Waals surface area contributed by atoms with E-state index in [0.29, 0.717) is 46.2 Å². The quantitative estimate of drug-likeness (QED) is 0.0189. The highest BCUT2D eigenvalue weighted by Crippen LogP contribution is 2.21. The maximum Gasteiger partial charge on any atom is 0.305 e. The monoisotopic (exact) mass is 1650 g/mol. The molecule has 39 heteroatoms. The summed E-state index contributed by atoms with van der Waals surface area (Å²) in [6, 6.07) is 3.67. The van der Waals surface area contributed by atoms with Crippen LogP contribution in [0.3, 0.4) is 0 Å². The lowest BCUT2D eigenvalue weighted by molar-refractivity contribution is -0.142. The standard InChI is InChI=1S/C78H115N19O19S/c1-10-42(6)64(77(115)95-53(32-45-21-13-11-14-22-45)69(107)86-43(7)66(104)85-39-61(82)101)96-68(106)51(28-30-117-9)88-72(110)55(34-47-38-84-49-26-18-17-25-48(47)49)90-67(105)50(27-19-20-29-79)87-71(109)54(33-46-23-15-12-16-24-46)89-70(108)52(31-40(2)3)94-78(116)65(44(8)98)97-75(113)57(36-60(81)100)91-74(112)58(37-62(102)103)92-73(111)56(35-59(80)99)93-76(114)63(83)41(4)5/h11-18,21-26,38,40-44,50-58,63-65,84,98H,10,19-20,27-37,39,79,83H2,1-9H3,(H2,80,99)(H2,81,100)(H2,82,101)(H,85,104)(H,86,107)(H,87,109)(H,88,110)(H,89,108)(H,90,105)(H,91,112)(H,92,111)(H,93,114)(H,94,116)(H,95,115)(H,96,106)(H,97,113)(H,102,103)/t42-,43-,44+,50-,51-,52-,53-,54-,55-,56-,57-,58-,63-,64-,65-/m0/s1. The van der Waals surface area contributed by atoms with Crippen molar-refractivity contribution in [3.63, 3.8) is 0 Å². The fraction of sp³-hybridized carbons (Fsp3) is 0.526. The Morgan fingerprint density at radius 2 is 0.855 bits per heavy atom. The molecular formula is C78H115N19O19S. The Bertz CT molecular complexity index is 4080. The van der Waals surface area contributed by atoms with Crippen LogP contribution in [-0.2, 0) is 101 Å². The number of para-hydroxylation sites is 1. The molecule has 0 aliphatic heterocycles. The Morgan fingerprint density at radius 3 is 1.34 bits per heavy atom. The lowest BCUT2D eigenvalue weighted by atomic mass is 9.96. The van der Waals surface area contributed by atoms with Crippen LogP contribution in [0.15, 0.2) is 91.1 Å². The van der Waals surface area contributed by atoms with Crippen LogP contribution < -0.4 is 97.8 Å². The molecule has 1 heterocycles. The number of rotatable bonds is 52. The van der Waals surface area contributed by atoms with Crippen molar-refractivity contribution in [3.05, 3.63) is 108 Å². The number of hydrogen-bond acceptors (Lipinski definition) is 21. The Balaban J connectivity index is 1.69. The Hall–Kier alpha value is -11.6. The fourth-order valence-corrected chi connectivity index (χ4v) is 12.5. The van der Waals surface area contributed by atoms with Crippen LogP contribution in [0.25, 0.3) is 10.9 Å². The van der Waals surface area contributed by atoms with Gasteiger partial charge in [0.15, 0.2) is 0 Å². The third kappa shape index (κ3) is 33.6. The molecule has 0 bridgehead atoms. The summed E-state index contributed by atoms with van der Waals surface area (Å²) in [6.07, 6.45) is -1.31. The number of H-pyrrole nitrogens is 1. The topological polar surface area (TPSA) is 633 Å². The molecule has 0 saturated carbocycles. The van der Waals surface area contributed by atoms with Gasteiger partial charge in [0, 0.05) is 36.4 Å². The number of aromatic nitrogens is 1. The zero-order chi connectivity index (χ0) is 87.3. The lowest BCUT2D eigenvalue weighted by Crippen LogP contribution is -2.62. The van der Waals surface area contributed by atoms with Crippen molar-refractivity contribution in [3.8, 4) is 0 Å². The number of nitrogens with two attached hydrogens (primary N) is 5. The van der Waals surface area contributed by atoms with Gasteiger partial charge >= 0.3 is 5.97 Å². The molecule has 0 aliphatic carbocycles. The summed E-state index contributed by atoms with van der Waals surface area (Å²) >= 11 is 1.35. The molecule has 0 saturated heterocycles. The van der Waals surface area contributed by atoms with Gasteiger partial charge in [-0.25, -0.2) is 0 Å². The molecule has 4 rings (SSSR count). The van der Waals surface area contributed by atoms with Gasteiger partial charge in [-0.3, -0.25) is 81.5 Å². The van der Waals surface area contributed by atoms with E-state index in [2.05, 4.69) is 74.1 Å². The van der Waals surface area contributed by atoms with Gasteiger partial charge in [0.1, 0.15) is 72.5 Å². The Labute approximate surface area is 682 Å². The maximum atomic E-state index is 15.2. The molecule has 4 aromatic rings. The van der Waals surface area contributed by atoms with E-state index in [-0.39, 0.29) is 51.5 Å². The SMILES string of the molecule is CC[C@H](C)[C@H](NC(=O)[C@H](CCSC)NC(=O)[C@H](Cc1c[nH]c2ccccc12)NC(=O)[C@H](CCCCN)NC(=O)[C@H](Cc1ccccc1)NC(=O)[C@H](CC(C)C)NC(=O)[C@@H](NC(=O)[C@H](CC(N)=O)NC(=O)[C@H](CC(=O)O)NC(=O)[C@H](CC(N)=O)NC(=O)[C@@H](N)C(C)C)[C@@H](C)O)C(=O)N[C@@H](Cc1ccccc1)C(=O)N[C@@H](C)C(=O)NCC(N)=O. The molecule has 15 atom stereocenters. The summed E-state index contributed by atoms with van der Waals surface area (Å²) in [5.41, 5.74) is 30.2.